The minimum atomic E-state index is -4.38. The lowest BCUT2D eigenvalue weighted by molar-refractivity contribution is -0.137. The summed E-state index contributed by atoms with van der Waals surface area (Å²) in [5.41, 5.74) is 1.23. The van der Waals surface area contributed by atoms with Crippen molar-refractivity contribution in [1.82, 2.24) is 15.1 Å². The van der Waals surface area contributed by atoms with Crippen molar-refractivity contribution in [2.24, 2.45) is 0 Å². The van der Waals surface area contributed by atoms with Gasteiger partial charge in [-0.3, -0.25) is 0 Å². The number of para-hydroxylation sites is 1. The van der Waals surface area contributed by atoms with Crippen LogP contribution in [0.1, 0.15) is 29.2 Å². The van der Waals surface area contributed by atoms with Gasteiger partial charge in [-0.1, -0.05) is 12.1 Å². The maximum absolute atomic E-state index is 13.1. The van der Waals surface area contributed by atoms with Gasteiger partial charge in [-0.15, -0.1) is 0 Å². The van der Waals surface area contributed by atoms with E-state index in [1.165, 1.54) is 16.8 Å². The topological polar surface area (TPSA) is 29.9 Å². The van der Waals surface area contributed by atoms with Gasteiger partial charge in [0.25, 0.3) is 0 Å². The lowest BCUT2D eigenvalue weighted by Crippen LogP contribution is -2.12. The quantitative estimate of drug-likeness (QED) is 0.921. The van der Waals surface area contributed by atoms with Crippen LogP contribution in [-0.2, 0) is 6.18 Å². The van der Waals surface area contributed by atoms with E-state index >= 15 is 0 Å². The van der Waals surface area contributed by atoms with Gasteiger partial charge in [-0.25, -0.2) is 4.68 Å². The standard InChI is InChI=1S/C15H16F3N3/c1-10-12(11-6-7-19-8-11)9-20-21(10)14-5-3-2-4-13(14)15(16,17)18/h2-5,9,11,19H,6-8H2,1H3. The molecule has 3 nitrogen and oxygen atoms in total. The molecule has 1 aromatic carbocycles. The first-order valence-corrected chi connectivity index (χ1v) is 6.90. The molecule has 1 aliphatic heterocycles. The summed E-state index contributed by atoms with van der Waals surface area (Å²) in [6.07, 6.45) is -1.70. The molecule has 0 spiro atoms. The fourth-order valence-corrected chi connectivity index (χ4v) is 2.88. The number of hydrogen-bond donors (Lipinski definition) is 1. The van der Waals surface area contributed by atoms with E-state index in [9.17, 15) is 13.2 Å². The molecule has 0 amide bonds. The third-order valence-electron chi connectivity index (χ3n) is 3.99. The van der Waals surface area contributed by atoms with E-state index in [1.807, 2.05) is 6.92 Å². The number of hydrogen-bond acceptors (Lipinski definition) is 2. The Balaban J connectivity index is 2.06. The molecule has 2 aromatic rings. The Morgan fingerprint density at radius 1 is 1.29 bits per heavy atom. The van der Waals surface area contributed by atoms with Crippen LogP contribution in [0.25, 0.3) is 5.69 Å². The molecule has 0 radical (unpaired) electrons. The molecule has 0 bridgehead atoms. The Morgan fingerprint density at radius 3 is 2.71 bits per heavy atom. The van der Waals surface area contributed by atoms with Gasteiger partial charge in [-0.2, -0.15) is 18.3 Å². The first kappa shape index (κ1) is 14.1. The molecule has 6 heteroatoms. The normalized spacial score (nSPS) is 19.1. The summed E-state index contributed by atoms with van der Waals surface area (Å²) in [4.78, 5) is 0. The van der Waals surface area contributed by atoms with Gasteiger partial charge in [0, 0.05) is 18.2 Å². The summed E-state index contributed by atoms with van der Waals surface area (Å²) in [5.74, 6) is 0.330. The van der Waals surface area contributed by atoms with Crippen LogP contribution >= 0.6 is 0 Å². The zero-order chi connectivity index (χ0) is 15.0. The summed E-state index contributed by atoms with van der Waals surface area (Å²) in [7, 11) is 0. The molecule has 0 aliphatic carbocycles. The Kier molecular flexibility index (Phi) is 3.49. The van der Waals surface area contributed by atoms with E-state index in [0.717, 1.165) is 36.8 Å². The molecular weight excluding hydrogens is 279 g/mol. The second-order valence-electron chi connectivity index (χ2n) is 5.30. The van der Waals surface area contributed by atoms with Crippen molar-refractivity contribution in [1.29, 1.82) is 0 Å². The number of rotatable bonds is 2. The highest BCUT2D eigenvalue weighted by atomic mass is 19.4. The van der Waals surface area contributed by atoms with Crippen LogP contribution in [0.5, 0.6) is 0 Å². The summed E-state index contributed by atoms with van der Waals surface area (Å²) in [6, 6.07) is 5.54. The molecule has 1 aromatic heterocycles. The van der Waals surface area contributed by atoms with Crippen molar-refractivity contribution in [2.45, 2.75) is 25.4 Å². The van der Waals surface area contributed by atoms with Crippen molar-refractivity contribution in [2.75, 3.05) is 13.1 Å². The number of nitrogens with one attached hydrogen (secondary N) is 1. The van der Waals surface area contributed by atoms with E-state index in [1.54, 1.807) is 12.3 Å². The highest BCUT2D eigenvalue weighted by Crippen LogP contribution is 2.35. The lowest BCUT2D eigenvalue weighted by Gasteiger charge is -2.14. The van der Waals surface area contributed by atoms with Crippen LogP contribution in [0.3, 0.4) is 0 Å². The predicted octanol–water partition coefficient (Wildman–Crippen LogP) is 3.28. The van der Waals surface area contributed by atoms with Gasteiger partial charge in [0.1, 0.15) is 0 Å². The minimum Gasteiger partial charge on any atom is -0.316 e. The molecule has 1 aliphatic rings. The van der Waals surface area contributed by atoms with E-state index < -0.39 is 11.7 Å². The fourth-order valence-electron chi connectivity index (χ4n) is 2.88. The van der Waals surface area contributed by atoms with Crippen LogP contribution in [0.4, 0.5) is 13.2 Å². The van der Waals surface area contributed by atoms with Gasteiger partial charge < -0.3 is 5.32 Å². The van der Waals surface area contributed by atoms with Crippen molar-refractivity contribution in [3.05, 3.63) is 47.3 Å². The van der Waals surface area contributed by atoms with E-state index in [4.69, 9.17) is 0 Å². The van der Waals surface area contributed by atoms with Crippen molar-refractivity contribution in [3.63, 3.8) is 0 Å². The first-order chi connectivity index (χ1) is 9.98. The van der Waals surface area contributed by atoms with Crippen molar-refractivity contribution >= 4 is 0 Å². The Hall–Kier alpha value is -1.82. The van der Waals surface area contributed by atoms with E-state index in [2.05, 4.69) is 10.4 Å². The highest BCUT2D eigenvalue weighted by molar-refractivity contribution is 5.44. The van der Waals surface area contributed by atoms with Crippen LogP contribution in [0.2, 0.25) is 0 Å². The monoisotopic (exact) mass is 295 g/mol. The molecule has 0 saturated carbocycles. The van der Waals surface area contributed by atoms with Gasteiger partial charge in [-0.05, 0) is 37.6 Å². The minimum absolute atomic E-state index is 0.0831. The van der Waals surface area contributed by atoms with E-state index in [0.29, 0.717) is 5.92 Å². The molecule has 1 atom stereocenters. The van der Waals surface area contributed by atoms with Crippen LogP contribution < -0.4 is 5.32 Å². The first-order valence-electron chi connectivity index (χ1n) is 6.90. The molecular formula is C15H16F3N3. The van der Waals surface area contributed by atoms with Crippen molar-refractivity contribution in [3.8, 4) is 5.69 Å². The predicted molar refractivity (Wildman–Crippen MR) is 73.5 cm³/mol. The Bertz CT molecular complexity index is 640. The number of halogens is 3. The molecule has 2 heterocycles. The SMILES string of the molecule is Cc1c(C2CCNC2)cnn1-c1ccccc1C(F)(F)F. The maximum Gasteiger partial charge on any atom is 0.418 e. The molecule has 1 unspecified atom stereocenters. The number of aromatic nitrogens is 2. The largest absolute Gasteiger partial charge is 0.418 e. The summed E-state index contributed by atoms with van der Waals surface area (Å²) < 4.78 is 40.8. The Morgan fingerprint density at radius 2 is 2.05 bits per heavy atom. The van der Waals surface area contributed by atoms with Crippen LogP contribution in [-0.4, -0.2) is 22.9 Å². The zero-order valence-corrected chi connectivity index (χ0v) is 11.6. The number of nitrogens with zero attached hydrogens (tertiary/aromatic N) is 2. The summed E-state index contributed by atoms with van der Waals surface area (Å²) in [6.45, 7) is 3.62. The second-order valence-corrected chi connectivity index (χ2v) is 5.30. The molecule has 1 N–H and O–H groups in total. The van der Waals surface area contributed by atoms with Gasteiger partial charge in [0.2, 0.25) is 0 Å². The number of alkyl halides is 3. The maximum atomic E-state index is 13.1. The summed E-state index contributed by atoms with van der Waals surface area (Å²) >= 11 is 0. The number of benzene rings is 1. The third kappa shape index (κ3) is 2.55. The van der Waals surface area contributed by atoms with Crippen LogP contribution in [0, 0.1) is 6.92 Å². The fraction of sp³-hybridized carbons (Fsp3) is 0.400. The lowest BCUT2D eigenvalue weighted by atomic mass is 9.99. The Labute approximate surface area is 120 Å². The molecule has 112 valence electrons. The van der Waals surface area contributed by atoms with Gasteiger partial charge >= 0.3 is 6.18 Å². The smallest absolute Gasteiger partial charge is 0.316 e. The molecule has 1 fully saturated rings. The molecule has 3 rings (SSSR count). The zero-order valence-electron chi connectivity index (χ0n) is 11.6. The molecule has 21 heavy (non-hydrogen) atoms. The second kappa shape index (κ2) is 5.18. The third-order valence-corrected chi connectivity index (χ3v) is 3.99. The van der Waals surface area contributed by atoms with E-state index in [-0.39, 0.29) is 5.69 Å². The van der Waals surface area contributed by atoms with Gasteiger partial charge in [0.05, 0.1) is 17.4 Å². The highest BCUT2D eigenvalue weighted by Gasteiger charge is 2.34. The average Bonchev–Trinajstić information content (AvgIpc) is 3.07. The van der Waals surface area contributed by atoms with Gasteiger partial charge in [0.15, 0.2) is 0 Å². The molecule has 1 saturated heterocycles. The summed E-state index contributed by atoms with van der Waals surface area (Å²) in [5, 5.41) is 7.46. The van der Waals surface area contributed by atoms with Crippen molar-refractivity contribution < 1.29 is 13.2 Å². The van der Waals surface area contributed by atoms with Crippen LogP contribution in [0.15, 0.2) is 30.5 Å². The average molecular weight is 295 g/mol.